The molecular formula is C21H25N3O5. The summed E-state index contributed by atoms with van der Waals surface area (Å²) in [6.45, 7) is 8.73. The van der Waals surface area contributed by atoms with Gasteiger partial charge in [-0.2, -0.15) is 0 Å². The van der Waals surface area contributed by atoms with Crippen LogP contribution in [0.3, 0.4) is 0 Å². The Morgan fingerprint density at radius 3 is 2.69 bits per heavy atom. The molecule has 1 unspecified atom stereocenters. The second kappa shape index (κ2) is 8.06. The van der Waals surface area contributed by atoms with Crippen LogP contribution in [-0.2, 0) is 9.53 Å². The van der Waals surface area contributed by atoms with E-state index in [9.17, 15) is 20.0 Å². The molecule has 0 aliphatic carbocycles. The molecular weight excluding hydrogens is 374 g/mol. The van der Waals surface area contributed by atoms with Gasteiger partial charge in [-0.3, -0.25) is 10.1 Å². The molecule has 0 saturated heterocycles. The van der Waals surface area contributed by atoms with Gasteiger partial charge in [0.1, 0.15) is 6.61 Å². The number of hydrogen-bond acceptors (Lipinski definition) is 6. The molecule has 3 rings (SSSR count). The molecule has 2 aliphatic heterocycles. The summed E-state index contributed by atoms with van der Waals surface area (Å²) in [5.41, 5.74) is 2.89. The van der Waals surface area contributed by atoms with Crippen molar-refractivity contribution in [3.8, 4) is 0 Å². The average molecular weight is 399 g/mol. The number of nitro groups is 1. The van der Waals surface area contributed by atoms with Gasteiger partial charge >= 0.3 is 5.97 Å². The van der Waals surface area contributed by atoms with E-state index in [0.717, 1.165) is 5.70 Å². The van der Waals surface area contributed by atoms with Gasteiger partial charge in [-0.05, 0) is 32.8 Å². The summed E-state index contributed by atoms with van der Waals surface area (Å²) < 4.78 is 5.76. The number of ether oxygens (including phenoxy) is 1. The van der Waals surface area contributed by atoms with Gasteiger partial charge in [-0.15, -0.1) is 0 Å². The van der Waals surface area contributed by atoms with E-state index >= 15 is 0 Å². The second-order valence-corrected chi connectivity index (χ2v) is 7.30. The van der Waals surface area contributed by atoms with Crippen LogP contribution in [0.1, 0.15) is 45.6 Å². The SMILES string of the molecule is CCC1=C(C2=NCCO2)C(c2cccc([N+](=O)[O-])c2)C(C(=O)O)=C(C)N1C(C)C. The first-order valence-corrected chi connectivity index (χ1v) is 9.66. The maximum absolute atomic E-state index is 12.4. The molecule has 154 valence electrons. The lowest BCUT2D eigenvalue weighted by molar-refractivity contribution is -0.384. The predicted molar refractivity (Wildman–Crippen MR) is 109 cm³/mol. The number of aliphatic imine (C=N–C) groups is 1. The van der Waals surface area contributed by atoms with Crippen LogP contribution in [-0.4, -0.2) is 46.0 Å². The fourth-order valence-electron chi connectivity index (χ4n) is 4.22. The van der Waals surface area contributed by atoms with E-state index in [1.807, 2.05) is 25.7 Å². The van der Waals surface area contributed by atoms with Gasteiger partial charge in [0.25, 0.3) is 5.69 Å². The highest BCUT2D eigenvalue weighted by molar-refractivity contribution is 6.02. The minimum Gasteiger partial charge on any atom is -0.478 e. The summed E-state index contributed by atoms with van der Waals surface area (Å²) in [4.78, 5) is 29.7. The maximum Gasteiger partial charge on any atom is 0.334 e. The Balaban J connectivity index is 2.33. The van der Waals surface area contributed by atoms with Crippen LogP contribution < -0.4 is 0 Å². The molecule has 0 fully saturated rings. The molecule has 1 atom stereocenters. The first kappa shape index (κ1) is 20.6. The third-order valence-corrected chi connectivity index (χ3v) is 5.24. The number of benzene rings is 1. The topological polar surface area (TPSA) is 105 Å². The minimum atomic E-state index is -1.06. The highest BCUT2D eigenvalue weighted by Crippen LogP contribution is 2.45. The van der Waals surface area contributed by atoms with Crippen molar-refractivity contribution in [2.75, 3.05) is 13.2 Å². The molecule has 2 heterocycles. The van der Waals surface area contributed by atoms with E-state index in [1.54, 1.807) is 19.1 Å². The van der Waals surface area contributed by atoms with E-state index < -0.39 is 16.8 Å². The van der Waals surface area contributed by atoms with Gasteiger partial charge in [0, 0.05) is 35.1 Å². The normalized spacial score (nSPS) is 19.6. The number of non-ortho nitro benzene ring substituents is 1. The van der Waals surface area contributed by atoms with Crippen molar-refractivity contribution in [1.29, 1.82) is 0 Å². The molecule has 8 nitrogen and oxygen atoms in total. The van der Waals surface area contributed by atoms with Gasteiger partial charge in [-0.1, -0.05) is 19.1 Å². The molecule has 0 radical (unpaired) electrons. The fourth-order valence-corrected chi connectivity index (χ4v) is 4.22. The smallest absolute Gasteiger partial charge is 0.334 e. The standard InChI is InChI=1S/C21H25N3O5/c1-5-16-19(20-22-9-10-29-20)18(14-7-6-8-15(11-14)24(27)28)17(21(25)26)13(4)23(16)12(2)3/h6-8,11-12,18H,5,9-10H2,1-4H3,(H,25,26). The Morgan fingerprint density at radius 1 is 1.45 bits per heavy atom. The first-order valence-electron chi connectivity index (χ1n) is 9.66. The van der Waals surface area contributed by atoms with Gasteiger partial charge in [-0.25, -0.2) is 9.79 Å². The zero-order valence-electron chi connectivity index (χ0n) is 17.0. The Morgan fingerprint density at radius 2 is 2.17 bits per heavy atom. The summed E-state index contributed by atoms with van der Waals surface area (Å²) in [5, 5.41) is 21.4. The van der Waals surface area contributed by atoms with Crippen molar-refractivity contribution in [1.82, 2.24) is 4.90 Å². The fraction of sp³-hybridized carbons (Fsp3) is 0.429. The number of carboxylic acids is 1. The number of carboxylic acid groups (broad SMARTS) is 1. The van der Waals surface area contributed by atoms with Crippen molar-refractivity contribution in [2.45, 2.75) is 46.1 Å². The van der Waals surface area contributed by atoms with Crippen molar-refractivity contribution < 1.29 is 19.6 Å². The highest BCUT2D eigenvalue weighted by atomic mass is 16.6. The van der Waals surface area contributed by atoms with Crippen LogP contribution in [0.25, 0.3) is 0 Å². The van der Waals surface area contributed by atoms with Gasteiger partial charge < -0.3 is 14.7 Å². The second-order valence-electron chi connectivity index (χ2n) is 7.30. The molecule has 0 amide bonds. The lowest BCUT2D eigenvalue weighted by atomic mass is 9.78. The summed E-state index contributed by atoms with van der Waals surface area (Å²) >= 11 is 0. The Kier molecular flexibility index (Phi) is 5.72. The van der Waals surface area contributed by atoms with E-state index in [0.29, 0.717) is 42.3 Å². The van der Waals surface area contributed by atoms with Crippen LogP contribution in [0.4, 0.5) is 5.69 Å². The summed E-state index contributed by atoms with van der Waals surface area (Å²) in [6.07, 6.45) is 0.644. The number of aliphatic carboxylic acids is 1. The molecule has 0 saturated carbocycles. The van der Waals surface area contributed by atoms with E-state index in [2.05, 4.69) is 4.99 Å². The molecule has 1 aromatic carbocycles. The Bertz CT molecular complexity index is 945. The maximum atomic E-state index is 12.4. The molecule has 0 aromatic heterocycles. The lowest BCUT2D eigenvalue weighted by Gasteiger charge is -2.41. The highest BCUT2D eigenvalue weighted by Gasteiger charge is 2.41. The number of rotatable bonds is 6. The van der Waals surface area contributed by atoms with Gasteiger partial charge in [0.15, 0.2) is 0 Å². The molecule has 0 spiro atoms. The third kappa shape index (κ3) is 3.62. The van der Waals surface area contributed by atoms with Gasteiger partial charge in [0.05, 0.1) is 23.0 Å². The molecule has 1 N–H and O–H groups in total. The molecule has 2 aliphatic rings. The zero-order chi connectivity index (χ0) is 21.3. The third-order valence-electron chi connectivity index (χ3n) is 5.24. The van der Waals surface area contributed by atoms with E-state index in [1.165, 1.54) is 12.1 Å². The molecule has 29 heavy (non-hydrogen) atoms. The lowest BCUT2D eigenvalue weighted by Crippen LogP contribution is -2.38. The van der Waals surface area contributed by atoms with Crippen molar-refractivity contribution in [3.63, 3.8) is 0 Å². The van der Waals surface area contributed by atoms with Crippen molar-refractivity contribution in [3.05, 3.63) is 62.5 Å². The van der Waals surface area contributed by atoms with Crippen LogP contribution >= 0.6 is 0 Å². The molecule has 8 heteroatoms. The molecule has 1 aromatic rings. The monoisotopic (exact) mass is 399 g/mol. The number of allylic oxidation sites excluding steroid dienone is 2. The Labute approximate surface area is 169 Å². The van der Waals surface area contributed by atoms with Gasteiger partial charge in [0.2, 0.25) is 5.90 Å². The predicted octanol–water partition coefficient (Wildman–Crippen LogP) is 3.85. The summed E-state index contributed by atoms with van der Waals surface area (Å²) in [6, 6.07) is 6.17. The van der Waals surface area contributed by atoms with E-state index in [4.69, 9.17) is 4.74 Å². The van der Waals surface area contributed by atoms with Crippen molar-refractivity contribution in [2.24, 2.45) is 4.99 Å². The Hall–Kier alpha value is -3.16. The number of nitro benzene ring substituents is 1. The van der Waals surface area contributed by atoms with Crippen LogP contribution in [0.15, 0.2) is 51.8 Å². The zero-order valence-corrected chi connectivity index (χ0v) is 17.0. The van der Waals surface area contributed by atoms with Crippen LogP contribution in [0, 0.1) is 10.1 Å². The molecule has 0 bridgehead atoms. The van der Waals surface area contributed by atoms with Crippen molar-refractivity contribution >= 4 is 17.6 Å². The first-order chi connectivity index (χ1) is 13.8. The van der Waals surface area contributed by atoms with Crippen LogP contribution in [0.5, 0.6) is 0 Å². The van der Waals surface area contributed by atoms with Crippen LogP contribution in [0.2, 0.25) is 0 Å². The minimum absolute atomic E-state index is 0.0300. The summed E-state index contributed by atoms with van der Waals surface area (Å²) in [7, 11) is 0. The number of nitrogens with zero attached hydrogens (tertiary/aromatic N) is 3. The average Bonchev–Trinajstić information content (AvgIpc) is 3.20. The van der Waals surface area contributed by atoms with E-state index in [-0.39, 0.29) is 17.3 Å². The number of carbonyl (C=O) groups is 1. The quantitative estimate of drug-likeness (QED) is 0.575. The largest absolute Gasteiger partial charge is 0.478 e. The number of hydrogen-bond donors (Lipinski definition) is 1. The summed E-state index contributed by atoms with van der Waals surface area (Å²) in [5.74, 6) is -1.33.